The lowest BCUT2D eigenvalue weighted by Gasteiger charge is -2.12. The van der Waals surface area contributed by atoms with Gasteiger partial charge in [0.15, 0.2) is 0 Å². The van der Waals surface area contributed by atoms with Gasteiger partial charge in [-0.2, -0.15) is 8.42 Å². The molecule has 0 radical (unpaired) electrons. The Balaban J connectivity index is 2.07. The van der Waals surface area contributed by atoms with Gasteiger partial charge in [0.05, 0.1) is 7.11 Å². The normalized spacial score (nSPS) is 22.6. The molecule has 0 spiro atoms. The fourth-order valence-corrected chi connectivity index (χ4v) is 3.93. The van der Waals surface area contributed by atoms with Gasteiger partial charge in [0.25, 0.3) is 0 Å². The minimum atomic E-state index is -4.07. The molecule has 0 saturated carbocycles. The molecule has 0 aromatic rings. The van der Waals surface area contributed by atoms with Gasteiger partial charge in [-0.3, -0.25) is 0 Å². The maximum atomic E-state index is 11.5. The first kappa shape index (κ1) is 21.4. The van der Waals surface area contributed by atoms with Crippen molar-refractivity contribution in [3.8, 4) is 0 Å². The number of methoxy groups -OCH3 is 1. The standard InChI is InChI=1S/C17H32O6S/c1-3-4-5-6-7-8-9-10-11-12-13-14-15-16(17(18)21-2)23-24(19,20)22-15/h15-16H,3-14H2,1-2H3/t15-,16+/m0/s1. The predicted molar refractivity (Wildman–Crippen MR) is 91.8 cm³/mol. The Morgan fingerprint density at radius 2 is 1.38 bits per heavy atom. The van der Waals surface area contributed by atoms with E-state index < -0.39 is 28.6 Å². The van der Waals surface area contributed by atoms with E-state index in [4.69, 9.17) is 4.18 Å². The van der Waals surface area contributed by atoms with E-state index in [1.807, 2.05) is 0 Å². The summed E-state index contributed by atoms with van der Waals surface area (Å²) in [7, 11) is -2.86. The zero-order valence-corrected chi connectivity index (χ0v) is 15.8. The second-order valence-electron chi connectivity index (χ2n) is 6.41. The number of rotatable bonds is 13. The van der Waals surface area contributed by atoms with Gasteiger partial charge < -0.3 is 4.74 Å². The predicted octanol–water partition coefficient (Wildman–Crippen LogP) is 3.89. The van der Waals surface area contributed by atoms with Crippen molar-refractivity contribution in [2.24, 2.45) is 0 Å². The number of carbonyl (C=O) groups is 1. The van der Waals surface area contributed by atoms with Gasteiger partial charge in [0.2, 0.25) is 6.10 Å². The van der Waals surface area contributed by atoms with Crippen molar-refractivity contribution >= 4 is 16.4 Å². The smallest absolute Gasteiger partial charge is 0.401 e. The largest absolute Gasteiger partial charge is 0.467 e. The molecule has 0 N–H and O–H groups in total. The molecule has 2 atom stereocenters. The molecule has 0 aromatic carbocycles. The second-order valence-corrected chi connectivity index (χ2v) is 7.61. The van der Waals surface area contributed by atoms with Crippen molar-refractivity contribution in [3.05, 3.63) is 0 Å². The molecule has 1 saturated heterocycles. The van der Waals surface area contributed by atoms with Crippen LogP contribution in [0.2, 0.25) is 0 Å². The highest BCUT2D eigenvalue weighted by Crippen LogP contribution is 2.26. The van der Waals surface area contributed by atoms with Crippen molar-refractivity contribution in [3.63, 3.8) is 0 Å². The van der Waals surface area contributed by atoms with Gasteiger partial charge in [0.1, 0.15) is 6.10 Å². The highest BCUT2D eigenvalue weighted by molar-refractivity contribution is 7.82. The minimum Gasteiger partial charge on any atom is -0.467 e. The van der Waals surface area contributed by atoms with E-state index in [0.29, 0.717) is 6.42 Å². The van der Waals surface area contributed by atoms with Crippen LogP contribution in [0.3, 0.4) is 0 Å². The second kappa shape index (κ2) is 11.8. The van der Waals surface area contributed by atoms with Gasteiger partial charge >= 0.3 is 16.4 Å². The molecule has 24 heavy (non-hydrogen) atoms. The van der Waals surface area contributed by atoms with Crippen LogP contribution in [0.4, 0.5) is 0 Å². The number of hydrogen-bond donors (Lipinski definition) is 0. The quantitative estimate of drug-likeness (QED) is 0.364. The Kier molecular flexibility index (Phi) is 10.5. The van der Waals surface area contributed by atoms with Gasteiger partial charge in [0, 0.05) is 0 Å². The average Bonchev–Trinajstić information content (AvgIpc) is 2.86. The minimum absolute atomic E-state index is 0.482. The SMILES string of the molecule is CCCCCCCCCCCCC[C@@H]1OS(=O)(=O)O[C@H]1C(=O)OC. The fourth-order valence-electron chi connectivity index (χ4n) is 2.93. The Hall–Kier alpha value is -0.660. The Morgan fingerprint density at radius 1 is 0.875 bits per heavy atom. The molecule has 1 aliphatic heterocycles. The zero-order chi connectivity index (χ0) is 17.8. The van der Waals surface area contributed by atoms with E-state index in [1.54, 1.807) is 0 Å². The van der Waals surface area contributed by atoms with Crippen molar-refractivity contribution < 1.29 is 26.3 Å². The van der Waals surface area contributed by atoms with Crippen LogP contribution in [-0.4, -0.2) is 33.7 Å². The fraction of sp³-hybridized carbons (Fsp3) is 0.941. The molecule has 1 heterocycles. The first-order chi connectivity index (χ1) is 11.5. The third kappa shape index (κ3) is 8.44. The molecule has 0 aliphatic carbocycles. The summed E-state index contributed by atoms with van der Waals surface area (Å²) in [6.45, 7) is 2.23. The first-order valence-electron chi connectivity index (χ1n) is 9.19. The molecule has 0 bridgehead atoms. The van der Waals surface area contributed by atoms with E-state index in [2.05, 4.69) is 15.8 Å². The Bertz CT molecular complexity index is 448. The van der Waals surface area contributed by atoms with Gasteiger partial charge in [-0.25, -0.2) is 13.2 Å². The lowest BCUT2D eigenvalue weighted by atomic mass is 10.0. The monoisotopic (exact) mass is 364 g/mol. The molecule has 7 heteroatoms. The van der Waals surface area contributed by atoms with E-state index in [-0.39, 0.29) is 0 Å². The van der Waals surface area contributed by atoms with Crippen LogP contribution in [0.1, 0.15) is 84.0 Å². The van der Waals surface area contributed by atoms with Crippen molar-refractivity contribution in [1.29, 1.82) is 0 Å². The topological polar surface area (TPSA) is 78.9 Å². The maximum Gasteiger partial charge on any atom is 0.401 e. The molecule has 0 amide bonds. The number of hydrogen-bond acceptors (Lipinski definition) is 6. The summed E-state index contributed by atoms with van der Waals surface area (Å²) in [5, 5.41) is 0. The summed E-state index contributed by atoms with van der Waals surface area (Å²) in [4.78, 5) is 11.5. The molecule has 1 rings (SSSR count). The number of carbonyl (C=O) groups excluding carboxylic acids is 1. The molecule has 1 fully saturated rings. The molecular formula is C17H32O6S. The molecule has 142 valence electrons. The van der Waals surface area contributed by atoms with Crippen LogP contribution in [0.25, 0.3) is 0 Å². The van der Waals surface area contributed by atoms with Crippen LogP contribution >= 0.6 is 0 Å². The summed E-state index contributed by atoms with van der Waals surface area (Å²) in [6.07, 6.45) is 11.9. The van der Waals surface area contributed by atoms with Gasteiger partial charge in [-0.1, -0.05) is 77.6 Å². The van der Waals surface area contributed by atoms with Gasteiger partial charge in [-0.15, -0.1) is 0 Å². The van der Waals surface area contributed by atoms with E-state index >= 15 is 0 Å². The zero-order valence-electron chi connectivity index (χ0n) is 15.0. The number of unbranched alkanes of at least 4 members (excludes halogenated alkanes) is 10. The summed E-state index contributed by atoms with van der Waals surface area (Å²) in [5.41, 5.74) is 0. The molecular weight excluding hydrogens is 332 g/mol. The molecule has 0 aromatic heterocycles. The van der Waals surface area contributed by atoms with Crippen molar-refractivity contribution in [1.82, 2.24) is 0 Å². The van der Waals surface area contributed by atoms with Crippen LogP contribution in [-0.2, 0) is 28.3 Å². The summed E-state index contributed by atoms with van der Waals surface area (Å²) in [5.74, 6) is -0.704. The summed E-state index contributed by atoms with van der Waals surface area (Å²) >= 11 is 0. The highest BCUT2D eigenvalue weighted by atomic mass is 32.3. The number of ether oxygens (including phenoxy) is 1. The summed E-state index contributed by atoms with van der Waals surface area (Å²) < 4.78 is 36.7. The lowest BCUT2D eigenvalue weighted by molar-refractivity contribution is -0.150. The van der Waals surface area contributed by atoms with Crippen molar-refractivity contribution in [2.45, 2.75) is 96.2 Å². The summed E-state index contributed by atoms with van der Waals surface area (Å²) in [6, 6.07) is 0. The van der Waals surface area contributed by atoms with E-state index in [9.17, 15) is 13.2 Å². The molecule has 0 unspecified atom stereocenters. The van der Waals surface area contributed by atoms with Gasteiger partial charge in [-0.05, 0) is 6.42 Å². The first-order valence-corrected chi connectivity index (χ1v) is 10.5. The molecule has 1 aliphatic rings. The maximum absolute atomic E-state index is 11.5. The van der Waals surface area contributed by atoms with Crippen molar-refractivity contribution in [2.75, 3.05) is 7.11 Å². The third-order valence-electron chi connectivity index (χ3n) is 4.33. The van der Waals surface area contributed by atoms with E-state index in [1.165, 1.54) is 58.5 Å². The van der Waals surface area contributed by atoms with Crippen LogP contribution in [0, 0.1) is 0 Å². The Morgan fingerprint density at radius 3 is 1.88 bits per heavy atom. The lowest BCUT2D eigenvalue weighted by Crippen LogP contribution is -2.32. The Labute approximate surface area is 146 Å². The van der Waals surface area contributed by atoms with Crippen LogP contribution in [0.15, 0.2) is 0 Å². The van der Waals surface area contributed by atoms with Crippen LogP contribution < -0.4 is 0 Å². The molecule has 6 nitrogen and oxygen atoms in total. The highest BCUT2D eigenvalue weighted by Gasteiger charge is 2.44. The average molecular weight is 365 g/mol. The number of esters is 1. The van der Waals surface area contributed by atoms with E-state index in [0.717, 1.165) is 19.3 Å². The van der Waals surface area contributed by atoms with Crippen LogP contribution in [0.5, 0.6) is 0 Å². The third-order valence-corrected chi connectivity index (χ3v) is 5.25.